The van der Waals surface area contributed by atoms with Crippen LogP contribution in [0.15, 0.2) is 36.9 Å². The zero-order valence-corrected chi connectivity index (χ0v) is 15.6. The molecule has 0 aliphatic carbocycles. The molecule has 1 atom stereocenters. The number of imidazole rings is 2. The molecule has 26 heavy (non-hydrogen) atoms. The minimum Gasteiger partial charge on any atom is -0.381 e. The van der Waals surface area contributed by atoms with E-state index in [1.807, 2.05) is 12.4 Å². The number of hydrogen-bond acceptors (Lipinski definition) is 4. The quantitative estimate of drug-likeness (QED) is 0.740. The summed E-state index contributed by atoms with van der Waals surface area (Å²) in [5.74, 6) is 1.67. The summed E-state index contributed by atoms with van der Waals surface area (Å²) in [7, 11) is 0. The van der Waals surface area contributed by atoms with Crippen LogP contribution >= 0.6 is 0 Å². The second-order valence-electron chi connectivity index (χ2n) is 7.06. The minimum absolute atomic E-state index is 0.226. The van der Waals surface area contributed by atoms with Crippen molar-refractivity contribution in [1.29, 1.82) is 0 Å². The molecule has 4 rings (SSSR count). The summed E-state index contributed by atoms with van der Waals surface area (Å²) < 4.78 is 9.99. The molecule has 1 N–H and O–H groups in total. The number of hydrogen-bond donors (Lipinski definition) is 1. The van der Waals surface area contributed by atoms with Crippen LogP contribution in [-0.2, 0) is 17.8 Å². The van der Waals surface area contributed by atoms with Gasteiger partial charge in [0.05, 0.1) is 17.9 Å². The first-order valence-corrected chi connectivity index (χ1v) is 9.51. The number of fused-ring (bicyclic) bond motifs is 1. The van der Waals surface area contributed by atoms with Gasteiger partial charge in [0.25, 0.3) is 0 Å². The number of aryl methyl sites for hydroxylation is 2. The van der Waals surface area contributed by atoms with Crippen LogP contribution in [0, 0.1) is 12.8 Å². The Labute approximate surface area is 154 Å². The fraction of sp³-hybridized carbons (Fsp3) is 0.500. The van der Waals surface area contributed by atoms with Crippen LogP contribution in [0.3, 0.4) is 0 Å². The van der Waals surface area contributed by atoms with E-state index in [0.29, 0.717) is 5.92 Å². The topological polar surface area (TPSA) is 56.4 Å². The molecule has 1 saturated heterocycles. The van der Waals surface area contributed by atoms with Gasteiger partial charge in [0.15, 0.2) is 0 Å². The van der Waals surface area contributed by atoms with E-state index in [0.717, 1.165) is 50.6 Å². The fourth-order valence-electron chi connectivity index (χ4n) is 3.87. The third-order valence-electron chi connectivity index (χ3n) is 5.34. The maximum absolute atomic E-state index is 5.58. The second-order valence-corrected chi connectivity index (χ2v) is 7.06. The molecule has 0 bridgehead atoms. The monoisotopic (exact) mass is 353 g/mol. The SMILES string of the molecule is CCn1ccnc1C(NCc1cnc2ccc(C)cn12)C1CCOCC1. The Morgan fingerprint density at radius 1 is 1.27 bits per heavy atom. The van der Waals surface area contributed by atoms with Gasteiger partial charge in [-0.1, -0.05) is 6.07 Å². The standard InChI is InChI=1S/C20H27N5O/c1-3-24-9-8-21-20(24)19(16-6-10-26-11-7-16)23-13-17-12-22-18-5-4-15(2)14-25(17)18/h4-5,8-9,12,14,16,19,23H,3,6-7,10-11,13H2,1-2H3. The van der Waals surface area contributed by atoms with Gasteiger partial charge in [0.2, 0.25) is 0 Å². The average Bonchev–Trinajstić information content (AvgIpc) is 3.30. The van der Waals surface area contributed by atoms with E-state index < -0.39 is 0 Å². The molecule has 0 saturated carbocycles. The van der Waals surface area contributed by atoms with Crippen molar-refractivity contribution in [2.24, 2.45) is 5.92 Å². The summed E-state index contributed by atoms with van der Waals surface area (Å²) in [6.45, 7) is 7.66. The van der Waals surface area contributed by atoms with E-state index in [-0.39, 0.29) is 6.04 Å². The number of aromatic nitrogens is 4. The maximum Gasteiger partial charge on any atom is 0.136 e. The minimum atomic E-state index is 0.226. The van der Waals surface area contributed by atoms with Crippen LogP contribution in [0.5, 0.6) is 0 Å². The van der Waals surface area contributed by atoms with E-state index in [4.69, 9.17) is 4.74 Å². The first kappa shape index (κ1) is 17.2. The molecule has 0 spiro atoms. The molecule has 1 fully saturated rings. The van der Waals surface area contributed by atoms with Crippen molar-refractivity contribution >= 4 is 5.65 Å². The normalized spacial score (nSPS) is 17.0. The lowest BCUT2D eigenvalue weighted by Crippen LogP contribution is -2.34. The van der Waals surface area contributed by atoms with Crippen molar-refractivity contribution in [3.05, 3.63) is 54.0 Å². The lowest BCUT2D eigenvalue weighted by molar-refractivity contribution is 0.0516. The number of pyridine rings is 1. The van der Waals surface area contributed by atoms with Crippen molar-refractivity contribution in [2.75, 3.05) is 13.2 Å². The zero-order valence-electron chi connectivity index (χ0n) is 15.6. The summed E-state index contributed by atoms with van der Waals surface area (Å²) in [5.41, 5.74) is 3.40. The van der Waals surface area contributed by atoms with Gasteiger partial charge in [0, 0.05) is 44.9 Å². The van der Waals surface area contributed by atoms with E-state index >= 15 is 0 Å². The van der Waals surface area contributed by atoms with Gasteiger partial charge in [-0.05, 0) is 44.2 Å². The summed E-state index contributed by atoms with van der Waals surface area (Å²) in [6.07, 6.45) is 10.2. The molecule has 3 aromatic heterocycles. The number of rotatable bonds is 6. The number of ether oxygens (including phenoxy) is 1. The van der Waals surface area contributed by atoms with E-state index in [9.17, 15) is 0 Å². The summed E-state index contributed by atoms with van der Waals surface area (Å²) in [6, 6.07) is 4.39. The van der Waals surface area contributed by atoms with Crippen LogP contribution in [0.25, 0.3) is 5.65 Å². The summed E-state index contributed by atoms with van der Waals surface area (Å²) in [4.78, 5) is 9.20. The maximum atomic E-state index is 5.58. The molecule has 1 aliphatic heterocycles. The molecule has 0 amide bonds. The molecule has 1 unspecified atom stereocenters. The molecule has 0 radical (unpaired) electrons. The highest BCUT2D eigenvalue weighted by molar-refractivity contribution is 5.41. The van der Waals surface area contributed by atoms with Crippen molar-refractivity contribution in [3.8, 4) is 0 Å². The molecular weight excluding hydrogens is 326 g/mol. The molecule has 1 aliphatic rings. The molecule has 6 nitrogen and oxygen atoms in total. The number of nitrogens with zero attached hydrogens (tertiary/aromatic N) is 4. The molecule has 3 aromatic rings. The van der Waals surface area contributed by atoms with Crippen LogP contribution in [-0.4, -0.2) is 32.1 Å². The highest BCUT2D eigenvalue weighted by Gasteiger charge is 2.28. The van der Waals surface area contributed by atoms with Crippen molar-refractivity contribution < 1.29 is 4.74 Å². The third kappa shape index (κ3) is 3.39. The molecular formula is C20H27N5O. The highest BCUT2D eigenvalue weighted by Crippen LogP contribution is 2.29. The predicted molar refractivity (Wildman–Crippen MR) is 101 cm³/mol. The molecule has 4 heterocycles. The Kier molecular flexibility index (Phi) is 5.04. The Morgan fingerprint density at radius 2 is 2.12 bits per heavy atom. The van der Waals surface area contributed by atoms with Gasteiger partial charge in [-0.25, -0.2) is 9.97 Å². The Hall–Kier alpha value is -2.18. The van der Waals surface area contributed by atoms with Crippen molar-refractivity contribution in [2.45, 2.75) is 45.8 Å². The first-order valence-electron chi connectivity index (χ1n) is 9.51. The van der Waals surface area contributed by atoms with Gasteiger partial charge in [-0.15, -0.1) is 0 Å². The Morgan fingerprint density at radius 3 is 2.92 bits per heavy atom. The Balaban J connectivity index is 1.58. The molecule has 0 aromatic carbocycles. The van der Waals surface area contributed by atoms with Crippen LogP contribution < -0.4 is 5.32 Å². The zero-order chi connectivity index (χ0) is 17.9. The van der Waals surface area contributed by atoms with Crippen molar-refractivity contribution in [3.63, 3.8) is 0 Å². The van der Waals surface area contributed by atoms with Crippen molar-refractivity contribution in [1.82, 2.24) is 24.3 Å². The lowest BCUT2D eigenvalue weighted by atomic mass is 9.91. The van der Waals surface area contributed by atoms with Gasteiger partial charge < -0.3 is 19.0 Å². The largest absolute Gasteiger partial charge is 0.381 e. The summed E-state index contributed by atoms with van der Waals surface area (Å²) >= 11 is 0. The van der Waals surface area contributed by atoms with Gasteiger partial charge >= 0.3 is 0 Å². The summed E-state index contributed by atoms with van der Waals surface area (Å²) in [5, 5.41) is 3.78. The molecule has 138 valence electrons. The molecule has 6 heteroatoms. The predicted octanol–water partition coefficient (Wildman–Crippen LogP) is 3.12. The first-order chi connectivity index (χ1) is 12.8. The smallest absolute Gasteiger partial charge is 0.136 e. The van der Waals surface area contributed by atoms with E-state index in [2.05, 4.69) is 62.6 Å². The van der Waals surface area contributed by atoms with Crippen LogP contribution in [0.1, 0.15) is 42.9 Å². The van der Waals surface area contributed by atoms with Crippen LogP contribution in [0.4, 0.5) is 0 Å². The van der Waals surface area contributed by atoms with E-state index in [1.165, 1.54) is 11.3 Å². The third-order valence-corrected chi connectivity index (χ3v) is 5.34. The highest BCUT2D eigenvalue weighted by atomic mass is 16.5. The average molecular weight is 353 g/mol. The number of nitrogens with one attached hydrogen (secondary N) is 1. The van der Waals surface area contributed by atoms with E-state index in [1.54, 1.807) is 0 Å². The van der Waals surface area contributed by atoms with Gasteiger partial charge in [-0.2, -0.15) is 0 Å². The van der Waals surface area contributed by atoms with Gasteiger partial charge in [-0.3, -0.25) is 0 Å². The lowest BCUT2D eigenvalue weighted by Gasteiger charge is -2.31. The van der Waals surface area contributed by atoms with Crippen LogP contribution in [0.2, 0.25) is 0 Å². The Bertz CT molecular complexity index is 862. The second kappa shape index (κ2) is 7.60. The van der Waals surface area contributed by atoms with Gasteiger partial charge in [0.1, 0.15) is 11.5 Å². The fourth-order valence-corrected chi connectivity index (χ4v) is 3.87.